The summed E-state index contributed by atoms with van der Waals surface area (Å²) in [4.78, 5) is 11.7. The number of benzene rings is 1. The number of rotatable bonds is 6. The van der Waals surface area contributed by atoms with E-state index in [-0.39, 0.29) is 11.9 Å². The molecule has 1 rings (SSSR count). The summed E-state index contributed by atoms with van der Waals surface area (Å²) in [5, 5.41) is 3.32. The van der Waals surface area contributed by atoms with Crippen molar-refractivity contribution in [2.24, 2.45) is 5.73 Å². The highest BCUT2D eigenvalue weighted by Gasteiger charge is 2.06. The van der Waals surface area contributed by atoms with Gasteiger partial charge < -0.3 is 15.8 Å². The van der Waals surface area contributed by atoms with E-state index in [0.29, 0.717) is 22.9 Å². The summed E-state index contributed by atoms with van der Waals surface area (Å²) in [6.07, 6.45) is 2.10. The van der Waals surface area contributed by atoms with Crippen LogP contribution in [0.2, 0.25) is 5.02 Å². The molecule has 1 atom stereocenters. The highest BCUT2D eigenvalue weighted by atomic mass is 35.5. The molecule has 3 N–H and O–H groups in total. The number of anilines is 1. The average Bonchev–Trinajstić information content (AvgIpc) is 2.31. The van der Waals surface area contributed by atoms with E-state index in [0.717, 1.165) is 12.8 Å². The zero-order valence-corrected chi connectivity index (χ0v) is 11.5. The molecule has 5 heteroatoms. The van der Waals surface area contributed by atoms with Crippen LogP contribution in [0.5, 0.6) is 5.75 Å². The maximum Gasteiger partial charge on any atom is 0.224 e. The Bertz CT molecular complexity index is 408. The lowest BCUT2D eigenvalue weighted by Crippen LogP contribution is -2.16. The third-order valence-electron chi connectivity index (χ3n) is 2.50. The summed E-state index contributed by atoms with van der Waals surface area (Å²) in [5.41, 5.74) is 6.31. The van der Waals surface area contributed by atoms with Crippen LogP contribution >= 0.6 is 11.6 Å². The zero-order valence-electron chi connectivity index (χ0n) is 10.7. The van der Waals surface area contributed by atoms with Crippen LogP contribution in [0.15, 0.2) is 18.2 Å². The molecule has 100 valence electrons. The number of ether oxygens (including phenoxy) is 1. The monoisotopic (exact) mass is 270 g/mol. The lowest BCUT2D eigenvalue weighted by molar-refractivity contribution is -0.116. The Morgan fingerprint density at radius 3 is 2.89 bits per heavy atom. The Hall–Kier alpha value is -1.26. The molecule has 1 aromatic rings. The molecule has 1 unspecified atom stereocenters. The SMILES string of the molecule is COc1cc(NC(=O)CCCC(C)N)ccc1Cl. The minimum atomic E-state index is -0.0278. The van der Waals surface area contributed by atoms with Crippen LogP contribution in [0, 0.1) is 0 Å². The van der Waals surface area contributed by atoms with E-state index in [4.69, 9.17) is 22.1 Å². The van der Waals surface area contributed by atoms with E-state index in [1.54, 1.807) is 18.2 Å². The first kappa shape index (κ1) is 14.8. The smallest absolute Gasteiger partial charge is 0.224 e. The Balaban J connectivity index is 2.49. The van der Waals surface area contributed by atoms with Gasteiger partial charge in [-0.15, -0.1) is 0 Å². The highest BCUT2D eigenvalue weighted by molar-refractivity contribution is 6.32. The number of amides is 1. The Labute approximate surface area is 112 Å². The van der Waals surface area contributed by atoms with Gasteiger partial charge in [0.15, 0.2) is 0 Å². The molecular formula is C13H19ClN2O2. The molecule has 0 saturated heterocycles. The second-order valence-corrected chi connectivity index (χ2v) is 4.67. The van der Waals surface area contributed by atoms with Crippen LogP contribution in [-0.4, -0.2) is 19.1 Å². The normalized spacial score (nSPS) is 12.0. The second-order valence-electron chi connectivity index (χ2n) is 4.27. The summed E-state index contributed by atoms with van der Waals surface area (Å²) in [7, 11) is 1.54. The van der Waals surface area contributed by atoms with Crippen molar-refractivity contribution in [1.82, 2.24) is 0 Å². The minimum absolute atomic E-state index is 0.0278. The third-order valence-corrected chi connectivity index (χ3v) is 2.81. The van der Waals surface area contributed by atoms with Gasteiger partial charge in [-0.25, -0.2) is 0 Å². The first-order valence-corrected chi connectivity index (χ1v) is 6.29. The lowest BCUT2D eigenvalue weighted by Gasteiger charge is -2.09. The fraction of sp³-hybridized carbons (Fsp3) is 0.462. The van der Waals surface area contributed by atoms with Crippen molar-refractivity contribution in [3.8, 4) is 5.75 Å². The predicted octanol–water partition coefficient (Wildman–Crippen LogP) is 2.80. The molecule has 1 aromatic carbocycles. The van der Waals surface area contributed by atoms with Crippen LogP contribution in [0.1, 0.15) is 26.2 Å². The van der Waals surface area contributed by atoms with Gasteiger partial charge in [0.1, 0.15) is 5.75 Å². The van der Waals surface area contributed by atoms with Gasteiger partial charge in [-0.3, -0.25) is 4.79 Å². The topological polar surface area (TPSA) is 64.3 Å². The number of carbonyl (C=O) groups excluding carboxylic acids is 1. The molecular weight excluding hydrogens is 252 g/mol. The number of nitrogens with one attached hydrogen (secondary N) is 1. The van der Waals surface area contributed by atoms with Crippen molar-refractivity contribution in [2.75, 3.05) is 12.4 Å². The molecule has 4 nitrogen and oxygen atoms in total. The first-order chi connectivity index (χ1) is 8.52. The zero-order chi connectivity index (χ0) is 13.5. The molecule has 0 saturated carbocycles. The van der Waals surface area contributed by atoms with Crippen molar-refractivity contribution >= 4 is 23.2 Å². The lowest BCUT2D eigenvalue weighted by atomic mass is 10.1. The van der Waals surface area contributed by atoms with E-state index in [2.05, 4.69) is 5.32 Å². The molecule has 0 aromatic heterocycles. The van der Waals surface area contributed by atoms with Gasteiger partial charge in [-0.1, -0.05) is 11.6 Å². The number of nitrogens with two attached hydrogens (primary N) is 1. The van der Waals surface area contributed by atoms with Gasteiger partial charge in [0.05, 0.1) is 12.1 Å². The molecule has 0 aliphatic carbocycles. The third kappa shape index (κ3) is 4.94. The van der Waals surface area contributed by atoms with Crippen molar-refractivity contribution in [1.29, 1.82) is 0 Å². The van der Waals surface area contributed by atoms with Crippen LogP contribution < -0.4 is 15.8 Å². The standard InChI is InChI=1S/C13H19ClN2O2/c1-9(15)4-3-5-13(17)16-10-6-7-11(14)12(8-10)18-2/h6-9H,3-5,15H2,1-2H3,(H,16,17). The van der Waals surface area contributed by atoms with Crippen molar-refractivity contribution in [3.63, 3.8) is 0 Å². The van der Waals surface area contributed by atoms with E-state index in [1.807, 2.05) is 6.92 Å². The summed E-state index contributed by atoms with van der Waals surface area (Å²) < 4.78 is 5.08. The molecule has 0 spiro atoms. The summed E-state index contributed by atoms with van der Waals surface area (Å²) in [6, 6.07) is 5.27. The molecule has 0 fully saturated rings. The fourth-order valence-corrected chi connectivity index (χ4v) is 1.74. The van der Waals surface area contributed by atoms with Crippen LogP contribution in [-0.2, 0) is 4.79 Å². The Morgan fingerprint density at radius 2 is 2.28 bits per heavy atom. The van der Waals surface area contributed by atoms with Crippen LogP contribution in [0.25, 0.3) is 0 Å². The molecule has 1 amide bonds. The number of methoxy groups -OCH3 is 1. The summed E-state index contributed by atoms with van der Waals surface area (Å²) >= 11 is 5.90. The van der Waals surface area contributed by atoms with Gasteiger partial charge in [0.25, 0.3) is 0 Å². The van der Waals surface area contributed by atoms with E-state index in [1.165, 1.54) is 7.11 Å². The number of halogens is 1. The number of hydrogen-bond acceptors (Lipinski definition) is 3. The van der Waals surface area contributed by atoms with Gasteiger partial charge in [-0.05, 0) is 31.9 Å². The molecule has 0 aliphatic heterocycles. The van der Waals surface area contributed by atoms with E-state index >= 15 is 0 Å². The first-order valence-electron chi connectivity index (χ1n) is 5.92. The average molecular weight is 271 g/mol. The Morgan fingerprint density at radius 1 is 1.56 bits per heavy atom. The molecule has 18 heavy (non-hydrogen) atoms. The molecule has 0 bridgehead atoms. The van der Waals surface area contributed by atoms with Crippen LogP contribution in [0.3, 0.4) is 0 Å². The van der Waals surface area contributed by atoms with E-state index in [9.17, 15) is 4.79 Å². The van der Waals surface area contributed by atoms with E-state index < -0.39 is 0 Å². The molecule has 0 radical (unpaired) electrons. The molecule has 0 heterocycles. The molecule has 0 aliphatic rings. The van der Waals surface area contributed by atoms with Crippen LogP contribution in [0.4, 0.5) is 5.69 Å². The van der Waals surface area contributed by atoms with Crippen molar-refractivity contribution < 1.29 is 9.53 Å². The van der Waals surface area contributed by atoms with Gasteiger partial charge in [0, 0.05) is 24.2 Å². The Kier molecular flexibility index (Phi) is 5.95. The fourth-order valence-electron chi connectivity index (χ4n) is 1.55. The number of carbonyl (C=O) groups is 1. The van der Waals surface area contributed by atoms with Gasteiger partial charge in [-0.2, -0.15) is 0 Å². The highest BCUT2D eigenvalue weighted by Crippen LogP contribution is 2.27. The second kappa shape index (κ2) is 7.24. The van der Waals surface area contributed by atoms with Gasteiger partial charge >= 0.3 is 0 Å². The minimum Gasteiger partial charge on any atom is -0.495 e. The summed E-state index contributed by atoms with van der Waals surface area (Å²) in [6.45, 7) is 1.93. The maximum atomic E-state index is 11.7. The summed E-state index contributed by atoms with van der Waals surface area (Å²) in [5.74, 6) is 0.519. The quantitative estimate of drug-likeness (QED) is 0.835. The largest absolute Gasteiger partial charge is 0.495 e. The predicted molar refractivity (Wildman–Crippen MR) is 74.1 cm³/mol. The number of hydrogen-bond donors (Lipinski definition) is 2. The maximum absolute atomic E-state index is 11.7. The van der Waals surface area contributed by atoms with Crippen molar-refractivity contribution in [3.05, 3.63) is 23.2 Å². The van der Waals surface area contributed by atoms with Gasteiger partial charge in [0.2, 0.25) is 5.91 Å². The van der Waals surface area contributed by atoms with Crippen molar-refractivity contribution in [2.45, 2.75) is 32.2 Å².